The molecule has 2 atom stereocenters. The molecule has 0 fully saturated rings. The number of amides is 1. The molecule has 0 spiro atoms. The van der Waals surface area contributed by atoms with E-state index in [1.165, 1.54) is 6.66 Å². The van der Waals surface area contributed by atoms with Gasteiger partial charge in [0.05, 0.1) is 12.5 Å². The monoisotopic (exact) mass is 371 g/mol. The number of nitrogens with one attached hydrogen (secondary N) is 1. The van der Waals surface area contributed by atoms with Gasteiger partial charge in [-0.05, 0) is 36.6 Å². The maximum Gasteiger partial charge on any atom is 0.376 e. The minimum Gasteiger partial charge on any atom is -0.481 e. The van der Waals surface area contributed by atoms with Crippen LogP contribution in [0.2, 0.25) is 0 Å². The van der Waals surface area contributed by atoms with E-state index in [0.717, 1.165) is 0 Å². The highest BCUT2D eigenvalue weighted by molar-refractivity contribution is 7.53. The lowest BCUT2D eigenvalue weighted by atomic mass is 9.91. The van der Waals surface area contributed by atoms with Crippen molar-refractivity contribution in [1.82, 2.24) is 0 Å². The molecule has 0 aliphatic rings. The third-order valence-electron chi connectivity index (χ3n) is 3.54. The van der Waals surface area contributed by atoms with E-state index in [9.17, 15) is 14.2 Å². The van der Waals surface area contributed by atoms with E-state index in [1.54, 1.807) is 24.3 Å². The van der Waals surface area contributed by atoms with Crippen LogP contribution >= 0.6 is 7.60 Å². The molecular weight excluding hydrogens is 345 g/mol. The van der Waals surface area contributed by atoms with Gasteiger partial charge in [-0.3, -0.25) is 14.1 Å². The average molecular weight is 371 g/mol. The zero-order valence-electron chi connectivity index (χ0n) is 15.2. The van der Waals surface area contributed by atoms with Crippen LogP contribution in [-0.2, 0) is 18.7 Å². The smallest absolute Gasteiger partial charge is 0.376 e. The van der Waals surface area contributed by atoms with Gasteiger partial charge >= 0.3 is 13.6 Å². The molecule has 0 bridgehead atoms. The summed E-state index contributed by atoms with van der Waals surface area (Å²) >= 11 is 0. The summed E-state index contributed by atoms with van der Waals surface area (Å²) in [5, 5.41) is 11.1. The highest BCUT2D eigenvalue weighted by Gasteiger charge is 2.29. The summed E-state index contributed by atoms with van der Waals surface area (Å²) in [5.74, 6) is -1.06. The molecule has 7 nitrogen and oxygen atoms in total. The molecular formula is C17H26NO6P. The van der Waals surface area contributed by atoms with Crippen LogP contribution in [0.5, 0.6) is 5.75 Å². The van der Waals surface area contributed by atoms with Gasteiger partial charge in [-0.1, -0.05) is 20.8 Å². The minimum absolute atomic E-state index is 0.101. The Labute approximate surface area is 148 Å². The molecule has 0 radical (unpaired) electrons. The van der Waals surface area contributed by atoms with Gasteiger partial charge in [0.25, 0.3) is 0 Å². The number of carbonyl (C=O) groups is 2. The van der Waals surface area contributed by atoms with Crippen molar-refractivity contribution >= 4 is 25.2 Å². The van der Waals surface area contributed by atoms with Crippen molar-refractivity contribution in [3.63, 3.8) is 0 Å². The van der Waals surface area contributed by atoms with Crippen molar-refractivity contribution in [2.24, 2.45) is 5.41 Å². The molecule has 1 amide bonds. The second-order valence-corrected chi connectivity index (χ2v) is 8.88. The van der Waals surface area contributed by atoms with Gasteiger partial charge in [0.15, 0.2) is 0 Å². The summed E-state index contributed by atoms with van der Waals surface area (Å²) in [5.41, 5.74) is 0.330. The Bertz CT molecular complexity index is 650. The summed E-state index contributed by atoms with van der Waals surface area (Å²) in [6.07, 6.45) is -0.581. The zero-order valence-corrected chi connectivity index (χ0v) is 16.1. The van der Waals surface area contributed by atoms with Crippen LogP contribution < -0.4 is 9.84 Å². The maximum atomic E-state index is 12.5. The average Bonchev–Trinajstić information content (AvgIpc) is 2.45. The lowest BCUT2D eigenvalue weighted by Crippen LogP contribution is -2.25. The Morgan fingerprint density at radius 2 is 1.76 bits per heavy atom. The molecule has 0 aromatic heterocycles. The minimum atomic E-state index is -3.28. The third kappa shape index (κ3) is 8.18. The van der Waals surface area contributed by atoms with Crippen LogP contribution in [0.1, 0.15) is 40.5 Å². The number of benzene rings is 1. The standard InChI is InChI=1S/C17H26NO6P/c1-12(17(2,3)4)23-25(5,22)24-14-8-6-13(7-9-14)18-15(19)10-11-16(20)21/h6-9,12H,10-11H2,1-5H3,(H,18,19)(H,20,21)/t12-,25+/m1/s1. The van der Waals surface area contributed by atoms with Crippen LogP contribution in [0.3, 0.4) is 0 Å². The first-order valence-corrected chi connectivity index (χ1v) is 9.95. The maximum absolute atomic E-state index is 12.5. The van der Waals surface area contributed by atoms with E-state index in [2.05, 4.69) is 5.32 Å². The summed E-state index contributed by atoms with van der Waals surface area (Å²) in [4.78, 5) is 22.0. The Hall–Kier alpha value is -1.85. The van der Waals surface area contributed by atoms with Crippen molar-refractivity contribution in [3.8, 4) is 5.75 Å². The Morgan fingerprint density at radius 1 is 1.20 bits per heavy atom. The SMILES string of the molecule is C[C@@H](O[P@](C)(=O)Oc1ccc(NC(=O)CCC(=O)O)cc1)C(C)(C)C. The van der Waals surface area contributed by atoms with Crippen LogP contribution in [0.4, 0.5) is 5.69 Å². The Kier molecular flexibility index (Phi) is 7.20. The highest BCUT2D eigenvalue weighted by Crippen LogP contribution is 2.47. The summed E-state index contributed by atoms with van der Waals surface area (Å²) < 4.78 is 23.5. The lowest BCUT2D eigenvalue weighted by Gasteiger charge is -2.29. The van der Waals surface area contributed by atoms with Gasteiger partial charge in [-0.15, -0.1) is 0 Å². The molecule has 0 saturated heterocycles. The summed E-state index contributed by atoms with van der Waals surface area (Å²) in [6, 6.07) is 6.30. The fraction of sp³-hybridized carbons (Fsp3) is 0.529. The Morgan fingerprint density at radius 3 is 2.24 bits per heavy atom. The topological polar surface area (TPSA) is 102 Å². The number of carbonyl (C=O) groups excluding carboxylic acids is 1. The van der Waals surface area contributed by atoms with Gasteiger partial charge < -0.3 is 14.9 Å². The fourth-order valence-corrected chi connectivity index (χ4v) is 3.14. The van der Waals surface area contributed by atoms with E-state index >= 15 is 0 Å². The molecule has 2 N–H and O–H groups in total. The molecule has 0 saturated carbocycles. The number of carboxylic acid groups (broad SMARTS) is 1. The molecule has 0 unspecified atom stereocenters. The van der Waals surface area contributed by atoms with Crippen LogP contribution in [0.25, 0.3) is 0 Å². The van der Waals surface area contributed by atoms with E-state index in [-0.39, 0.29) is 30.3 Å². The lowest BCUT2D eigenvalue weighted by molar-refractivity contribution is -0.138. The van der Waals surface area contributed by atoms with Gasteiger partial charge in [0.1, 0.15) is 5.75 Å². The van der Waals surface area contributed by atoms with E-state index in [1.807, 2.05) is 27.7 Å². The second kappa shape index (κ2) is 8.50. The molecule has 0 aliphatic heterocycles. The number of hydrogen-bond donors (Lipinski definition) is 2. The Balaban J connectivity index is 2.63. The molecule has 140 valence electrons. The molecule has 0 aliphatic carbocycles. The predicted octanol–water partition coefficient (Wildman–Crippen LogP) is 4.14. The van der Waals surface area contributed by atoms with Crippen molar-refractivity contribution in [1.29, 1.82) is 0 Å². The van der Waals surface area contributed by atoms with Gasteiger partial charge in [-0.2, -0.15) is 0 Å². The number of aliphatic carboxylic acids is 1. The number of anilines is 1. The van der Waals surface area contributed by atoms with Crippen LogP contribution in [-0.4, -0.2) is 29.8 Å². The fourth-order valence-electron chi connectivity index (χ4n) is 1.70. The molecule has 0 heterocycles. The summed E-state index contributed by atoms with van der Waals surface area (Å²) in [6.45, 7) is 9.21. The third-order valence-corrected chi connectivity index (χ3v) is 4.79. The molecule has 25 heavy (non-hydrogen) atoms. The highest BCUT2D eigenvalue weighted by atomic mass is 31.2. The van der Waals surface area contributed by atoms with Crippen molar-refractivity contribution < 1.29 is 28.3 Å². The number of hydrogen-bond acceptors (Lipinski definition) is 5. The molecule has 8 heteroatoms. The normalized spacial score (nSPS) is 15.1. The zero-order chi connectivity index (χ0) is 19.3. The van der Waals surface area contributed by atoms with Crippen LogP contribution in [0, 0.1) is 5.41 Å². The first-order valence-electron chi connectivity index (χ1n) is 7.96. The second-order valence-electron chi connectivity index (χ2n) is 6.94. The van der Waals surface area contributed by atoms with Gasteiger partial charge in [0, 0.05) is 18.8 Å². The first kappa shape index (κ1) is 21.2. The van der Waals surface area contributed by atoms with Crippen molar-refractivity contribution in [2.45, 2.75) is 46.6 Å². The number of rotatable bonds is 8. The van der Waals surface area contributed by atoms with E-state index < -0.39 is 13.6 Å². The molecule has 1 rings (SSSR count). The van der Waals surface area contributed by atoms with Crippen molar-refractivity contribution in [3.05, 3.63) is 24.3 Å². The molecule has 1 aromatic rings. The molecule has 1 aromatic carbocycles. The number of carboxylic acids is 1. The first-order chi connectivity index (χ1) is 11.4. The predicted molar refractivity (Wildman–Crippen MR) is 96.1 cm³/mol. The quantitative estimate of drug-likeness (QED) is 0.666. The van der Waals surface area contributed by atoms with Gasteiger partial charge in [-0.25, -0.2) is 4.57 Å². The van der Waals surface area contributed by atoms with Gasteiger partial charge in [0.2, 0.25) is 5.91 Å². The largest absolute Gasteiger partial charge is 0.481 e. The van der Waals surface area contributed by atoms with Crippen LogP contribution in [0.15, 0.2) is 24.3 Å². The van der Waals surface area contributed by atoms with E-state index in [0.29, 0.717) is 11.4 Å². The van der Waals surface area contributed by atoms with Crippen molar-refractivity contribution in [2.75, 3.05) is 12.0 Å². The van der Waals surface area contributed by atoms with E-state index in [4.69, 9.17) is 14.2 Å². The summed E-state index contributed by atoms with van der Waals surface area (Å²) in [7, 11) is -3.28.